The van der Waals surface area contributed by atoms with Crippen molar-refractivity contribution >= 4 is 27.2 Å². The van der Waals surface area contributed by atoms with Gasteiger partial charge in [0.2, 0.25) is 0 Å². The maximum absolute atomic E-state index is 5.42. The van der Waals surface area contributed by atoms with Gasteiger partial charge in [0.25, 0.3) is 0 Å². The summed E-state index contributed by atoms with van der Waals surface area (Å²) in [6.45, 7) is 4.19. The first kappa shape index (κ1) is 8.47. The van der Waals surface area contributed by atoms with Gasteiger partial charge in [-0.25, -0.2) is 4.98 Å². The third kappa shape index (κ3) is 1.18. The highest BCUT2D eigenvalue weighted by Crippen LogP contribution is 2.32. The predicted molar refractivity (Wildman–Crippen MR) is 56.9 cm³/mol. The van der Waals surface area contributed by atoms with Gasteiger partial charge in [0, 0.05) is 16.5 Å². The summed E-state index contributed by atoms with van der Waals surface area (Å²) in [5.74, 6) is 5.42. The smallest absolute Gasteiger partial charge is 0.125 e. The molecule has 0 radical (unpaired) electrons. The largest absolute Gasteiger partial charge is 0.323 e. The Bertz CT molecular complexity index is 447. The van der Waals surface area contributed by atoms with Crippen molar-refractivity contribution in [3.05, 3.63) is 22.7 Å². The fourth-order valence-electron chi connectivity index (χ4n) is 1.40. The Kier molecular flexibility index (Phi) is 1.94. The molecule has 0 aliphatic heterocycles. The lowest BCUT2D eigenvalue weighted by Crippen LogP contribution is -2.07. The molecule has 0 amide bonds. The van der Waals surface area contributed by atoms with Crippen LogP contribution in [0.4, 0.5) is 5.69 Å². The summed E-state index contributed by atoms with van der Waals surface area (Å²) in [7, 11) is 0. The molecule has 68 valence electrons. The number of rotatable bonds is 1. The number of nitrogens with zero attached hydrogens (tertiary/aromatic N) is 1. The van der Waals surface area contributed by atoms with Crippen molar-refractivity contribution in [2.75, 3.05) is 5.43 Å². The van der Waals surface area contributed by atoms with Gasteiger partial charge < -0.3 is 5.43 Å². The summed E-state index contributed by atoms with van der Waals surface area (Å²) >= 11 is 1.70. The average molecular weight is 193 g/mol. The number of anilines is 1. The van der Waals surface area contributed by atoms with Crippen LogP contribution in [0.2, 0.25) is 0 Å². The lowest BCUT2D eigenvalue weighted by molar-refractivity contribution is 1.34. The topological polar surface area (TPSA) is 50.9 Å². The zero-order valence-electron chi connectivity index (χ0n) is 7.59. The quantitative estimate of drug-likeness (QED) is 0.539. The molecular formula is C9H11N3S. The van der Waals surface area contributed by atoms with Gasteiger partial charge in [-0.15, -0.1) is 11.3 Å². The normalized spacial score (nSPS) is 10.7. The Labute approximate surface area is 80.6 Å². The lowest BCUT2D eigenvalue weighted by Gasteiger charge is -2.01. The van der Waals surface area contributed by atoms with Gasteiger partial charge in [-0.1, -0.05) is 0 Å². The van der Waals surface area contributed by atoms with Gasteiger partial charge in [-0.2, -0.15) is 0 Å². The van der Waals surface area contributed by atoms with E-state index in [2.05, 4.69) is 24.3 Å². The molecule has 0 bridgehead atoms. The molecule has 0 aliphatic rings. The molecule has 2 aromatic heterocycles. The molecule has 0 saturated carbocycles. The summed E-state index contributed by atoms with van der Waals surface area (Å²) in [5, 5.41) is 1.15. The number of nitrogens with one attached hydrogen (secondary N) is 1. The SMILES string of the molecule is Cc1sc2nccc(NN)c2c1C. The highest BCUT2D eigenvalue weighted by Gasteiger charge is 2.08. The van der Waals surface area contributed by atoms with Gasteiger partial charge in [0.1, 0.15) is 4.83 Å². The minimum atomic E-state index is 0.951. The number of aromatic nitrogens is 1. The van der Waals surface area contributed by atoms with E-state index in [1.54, 1.807) is 17.5 Å². The summed E-state index contributed by atoms with van der Waals surface area (Å²) in [4.78, 5) is 6.64. The minimum Gasteiger partial charge on any atom is -0.323 e. The first-order valence-electron chi connectivity index (χ1n) is 4.05. The molecular weight excluding hydrogens is 182 g/mol. The molecule has 2 aromatic rings. The maximum Gasteiger partial charge on any atom is 0.125 e. The molecule has 2 rings (SSSR count). The Morgan fingerprint density at radius 2 is 2.23 bits per heavy atom. The van der Waals surface area contributed by atoms with Gasteiger partial charge >= 0.3 is 0 Å². The number of hydrogen-bond donors (Lipinski definition) is 2. The first-order chi connectivity index (χ1) is 6.24. The molecule has 0 fully saturated rings. The van der Waals surface area contributed by atoms with E-state index in [1.807, 2.05) is 6.07 Å². The van der Waals surface area contributed by atoms with Crippen LogP contribution in [0, 0.1) is 13.8 Å². The van der Waals surface area contributed by atoms with Crippen LogP contribution in [-0.4, -0.2) is 4.98 Å². The summed E-state index contributed by atoms with van der Waals surface area (Å²) in [5.41, 5.74) is 4.91. The monoisotopic (exact) mass is 193 g/mol. The fourth-order valence-corrected chi connectivity index (χ4v) is 2.42. The molecule has 13 heavy (non-hydrogen) atoms. The number of aryl methyl sites for hydroxylation is 2. The molecule has 4 heteroatoms. The summed E-state index contributed by atoms with van der Waals surface area (Å²) in [6.07, 6.45) is 1.77. The van der Waals surface area contributed by atoms with Crippen LogP contribution < -0.4 is 11.3 Å². The van der Waals surface area contributed by atoms with E-state index in [0.717, 1.165) is 15.9 Å². The average Bonchev–Trinajstić information content (AvgIpc) is 2.43. The minimum absolute atomic E-state index is 0.951. The second kappa shape index (κ2) is 2.97. The lowest BCUT2D eigenvalue weighted by atomic mass is 10.2. The van der Waals surface area contributed by atoms with Crippen molar-refractivity contribution in [3.8, 4) is 0 Å². The van der Waals surface area contributed by atoms with Crippen molar-refractivity contribution in [3.63, 3.8) is 0 Å². The van der Waals surface area contributed by atoms with Crippen LogP contribution in [0.3, 0.4) is 0 Å². The number of hydrogen-bond acceptors (Lipinski definition) is 4. The zero-order valence-corrected chi connectivity index (χ0v) is 8.40. The van der Waals surface area contributed by atoms with Crippen LogP contribution >= 0.6 is 11.3 Å². The van der Waals surface area contributed by atoms with Gasteiger partial charge in [-0.05, 0) is 25.5 Å². The Morgan fingerprint density at radius 1 is 1.46 bits per heavy atom. The fraction of sp³-hybridized carbons (Fsp3) is 0.222. The Balaban J connectivity index is 2.87. The Morgan fingerprint density at radius 3 is 2.92 bits per heavy atom. The molecule has 2 heterocycles. The van der Waals surface area contributed by atoms with Crippen LogP contribution in [0.1, 0.15) is 10.4 Å². The van der Waals surface area contributed by atoms with Crippen molar-refractivity contribution in [1.82, 2.24) is 4.98 Å². The van der Waals surface area contributed by atoms with Crippen molar-refractivity contribution in [1.29, 1.82) is 0 Å². The summed E-state index contributed by atoms with van der Waals surface area (Å²) < 4.78 is 0. The number of thiophene rings is 1. The number of nitrogen functional groups attached to an aromatic ring is 1. The highest BCUT2D eigenvalue weighted by molar-refractivity contribution is 7.18. The third-order valence-electron chi connectivity index (χ3n) is 2.22. The van der Waals surface area contributed by atoms with E-state index in [1.165, 1.54) is 10.4 Å². The molecule has 3 N–H and O–H groups in total. The van der Waals surface area contributed by atoms with Crippen LogP contribution in [0.25, 0.3) is 10.2 Å². The van der Waals surface area contributed by atoms with Gasteiger partial charge in [0.15, 0.2) is 0 Å². The second-order valence-corrected chi connectivity index (χ2v) is 4.17. The number of fused-ring (bicyclic) bond motifs is 1. The standard InChI is InChI=1S/C9H11N3S/c1-5-6(2)13-9-8(5)7(12-10)3-4-11-9/h3-4H,10H2,1-2H3,(H,11,12). The number of nitrogens with two attached hydrogens (primary N) is 1. The number of pyridine rings is 1. The maximum atomic E-state index is 5.42. The molecule has 0 atom stereocenters. The van der Waals surface area contributed by atoms with Crippen molar-refractivity contribution < 1.29 is 0 Å². The third-order valence-corrected chi connectivity index (χ3v) is 3.34. The van der Waals surface area contributed by atoms with Crippen LogP contribution in [-0.2, 0) is 0 Å². The zero-order chi connectivity index (χ0) is 9.42. The van der Waals surface area contributed by atoms with E-state index in [9.17, 15) is 0 Å². The van der Waals surface area contributed by atoms with Crippen LogP contribution in [0.5, 0.6) is 0 Å². The Hall–Kier alpha value is -1.13. The molecule has 3 nitrogen and oxygen atoms in total. The van der Waals surface area contributed by atoms with Gasteiger partial charge in [0.05, 0.1) is 5.69 Å². The van der Waals surface area contributed by atoms with E-state index < -0.39 is 0 Å². The second-order valence-electron chi connectivity index (χ2n) is 2.97. The van der Waals surface area contributed by atoms with E-state index >= 15 is 0 Å². The molecule has 0 saturated heterocycles. The molecule has 0 unspecified atom stereocenters. The number of hydrazine groups is 1. The van der Waals surface area contributed by atoms with E-state index in [0.29, 0.717) is 0 Å². The predicted octanol–water partition coefficient (Wildman–Crippen LogP) is 2.20. The van der Waals surface area contributed by atoms with Gasteiger partial charge in [-0.3, -0.25) is 5.84 Å². The van der Waals surface area contributed by atoms with Crippen LogP contribution in [0.15, 0.2) is 12.3 Å². The first-order valence-corrected chi connectivity index (χ1v) is 4.87. The molecule has 0 aromatic carbocycles. The highest BCUT2D eigenvalue weighted by atomic mass is 32.1. The molecule has 0 aliphatic carbocycles. The van der Waals surface area contributed by atoms with Crippen molar-refractivity contribution in [2.24, 2.45) is 5.84 Å². The van der Waals surface area contributed by atoms with E-state index in [-0.39, 0.29) is 0 Å². The summed E-state index contributed by atoms with van der Waals surface area (Å²) in [6, 6.07) is 1.89. The molecule has 0 spiro atoms. The van der Waals surface area contributed by atoms with Crippen molar-refractivity contribution in [2.45, 2.75) is 13.8 Å². The van der Waals surface area contributed by atoms with E-state index in [4.69, 9.17) is 5.84 Å².